The molecular formula is C24H43NO5. The number of hydrogen-bond donors (Lipinski definition) is 1. The number of carbonyl (C=O) groups is 3. The lowest BCUT2D eigenvalue weighted by Crippen LogP contribution is -2.46. The zero-order chi connectivity index (χ0) is 22.6. The number of ether oxygens (including phenoxy) is 2. The van der Waals surface area contributed by atoms with Gasteiger partial charge in [0.25, 0.3) is 0 Å². The van der Waals surface area contributed by atoms with Crippen LogP contribution in [-0.2, 0) is 23.9 Å². The first-order valence-corrected chi connectivity index (χ1v) is 11.6. The molecule has 0 aromatic rings. The van der Waals surface area contributed by atoms with Gasteiger partial charge in [0.1, 0.15) is 18.8 Å². The van der Waals surface area contributed by atoms with Crippen LogP contribution in [0.3, 0.4) is 0 Å². The van der Waals surface area contributed by atoms with Gasteiger partial charge in [-0.05, 0) is 18.9 Å². The lowest BCUT2D eigenvalue weighted by Gasteiger charge is -2.24. The van der Waals surface area contributed by atoms with Gasteiger partial charge in [0.15, 0.2) is 0 Å². The Morgan fingerprint density at radius 3 is 1.80 bits per heavy atom. The molecule has 6 nitrogen and oxygen atoms in total. The van der Waals surface area contributed by atoms with E-state index in [0.29, 0.717) is 0 Å². The van der Waals surface area contributed by atoms with E-state index >= 15 is 0 Å². The third-order valence-electron chi connectivity index (χ3n) is 4.85. The summed E-state index contributed by atoms with van der Waals surface area (Å²) in [5, 5.41) is 2.69. The van der Waals surface area contributed by atoms with Crippen molar-refractivity contribution in [2.24, 2.45) is 0 Å². The number of allylic oxidation sites excluding steroid dienone is 1. The second-order valence-corrected chi connectivity index (χ2v) is 7.94. The molecule has 0 saturated carbocycles. The summed E-state index contributed by atoms with van der Waals surface area (Å²) in [4.78, 5) is 34.0. The number of unbranched alkanes of at least 4 members (excludes halogenated alkanes) is 11. The maximum absolute atomic E-state index is 11.5. The van der Waals surface area contributed by atoms with E-state index in [1.165, 1.54) is 85.0 Å². The molecule has 0 aliphatic carbocycles. The van der Waals surface area contributed by atoms with Gasteiger partial charge in [0.05, 0.1) is 0 Å². The number of nitrogens with one attached hydrogen (secondary N) is 1. The van der Waals surface area contributed by atoms with E-state index < -0.39 is 24.1 Å². The summed E-state index contributed by atoms with van der Waals surface area (Å²) in [5.41, 5.74) is 0. The molecule has 0 aromatic heterocycles. The SMILES string of the molecule is CCCCCCCCCCCCC/C=C/[C@H](OC(C)=O)[C@H](COC(C)=O)NC(C)=O. The van der Waals surface area contributed by atoms with Crippen LogP contribution in [0.15, 0.2) is 12.2 Å². The monoisotopic (exact) mass is 425 g/mol. The summed E-state index contributed by atoms with van der Waals surface area (Å²) in [6.07, 6.45) is 18.2. The standard InChI is InChI=1S/C24H43NO5/c1-5-6-7-8-9-10-11-12-13-14-15-16-17-18-24(30-22(4)28)23(25-20(2)26)19-29-21(3)27/h17-18,23-24H,5-16,19H2,1-4H3,(H,25,26)/b18-17+/t23-,24-/m0/s1. The molecule has 0 rings (SSSR count). The second kappa shape index (κ2) is 19.1. The number of amides is 1. The van der Waals surface area contributed by atoms with E-state index in [2.05, 4.69) is 12.2 Å². The van der Waals surface area contributed by atoms with Crippen LogP contribution in [0.4, 0.5) is 0 Å². The summed E-state index contributed by atoms with van der Waals surface area (Å²) < 4.78 is 10.3. The quantitative estimate of drug-likeness (QED) is 0.184. The van der Waals surface area contributed by atoms with Gasteiger partial charge in [0.2, 0.25) is 5.91 Å². The van der Waals surface area contributed by atoms with Gasteiger partial charge in [-0.2, -0.15) is 0 Å². The molecule has 0 bridgehead atoms. The van der Waals surface area contributed by atoms with Gasteiger partial charge in [-0.15, -0.1) is 0 Å². The second-order valence-electron chi connectivity index (χ2n) is 7.94. The van der Waals surface area contributed by atoms with E-state index in [0.717, 1.165) is 12.8 Å². The van der Waals surface area contributed by atoms with Crippen molar-refractivity contribution in [3.63, 3.8) is 0 Å². The molecule has 2 atom stereocenters. The fourth-order valence-electron chi connectivity index (χ4n) is 3.29. The first-order valence-electron chi connectivity index (χ1n) is 11.6. The molecule has 0 saturated heterocycles. The van der Waals surface area contributed by atoms with Gasteiger partial charge in [-0.1, -0.05) is 77.2 Å². The number of esters is 2. The molecule has 0 aliphatic heterocycles. The summed E-state index contributed by atoms with van der Waals surface area (Å²) in [7, 11) is 0. The fraction of sp³-hybridized carbons (Fsp3) is 0.792. The minimum absolute atomic E-state index is 0.0460. The van der Waals surface area contributed by atoms with Crippen molar-refractivity contribution in [3.05, 3.63) is 12.2 Å². The zero-order valence-electron chi connectivity index (χ0n) is 19.5. The molecular weight excluding hydrogens is 382 g/mol. The lowest BCUT2D eigenvalue weighted by atomic mass is 10.0. The first kappa shape index (κ1) is 28.1. The smallest absolute Gasteiger partial charge is 0.303 e. The highest BCUT2D eigenvalue weighted by molar-refractivity contribution is 5.73. The average molecular weight is 426 g/mol. The molecule has 0 aliphatic rings. The third kappa shape index (κ3) is 18.2. The minimum Gasteiger partial charge on any atom is -0.464 e. The Hall–Kier alpha value is -1.85. The molecule has 0 radical (unpaired) electrons. The Kier molecular flexibility index (Phi) is 18.0. The number of rotatable bonds is 18. The Bertz CT molecular complexity index is 504. The normalized spacial score (nSPS) is 13.1. The largest absolute Gasteiger partial charge is 0.464 e. The highest BCUT2D eigenvalue weighted by Crippen LogP contribution is 2.12. The van der Waals surface area contributed by atoms with E-state index in [1.54, 1.807) is 6.08 Å². The molecule has 0 aromatic carbocycles. The molecule has 0 fully saturated rings. The summed E-state index contributed by atoms with van der Waals surface area (Å²) in [6.45, 7) is 6.20. The zero-order valence-corrected chi connectivity index (χ0v) is 19.5. The summed E-state index contributed by atoms with van der Waals surface area (Å²) >= 11 is 0. The molecule has 30 heavy (non-hydrogen) atoms. The molecule has 0 heterocycles. The first-order chi connectivity index (χ1) is 14.4. The van der Waals surface area contributed by atoms with Crippen LogP contribution in [0.1, 0.15) is 105 Å². The van der Waals surface area contributed by atoms with E-state index in [1.807, 2.05) is 6.08 Å². The molecule has 1 N–H and O–H groups in total. The van der Waals surface area contributed by atoms with Crippen molar-refractivity contribution < 1.29 is 23.9 Å². The van der Waals surface area contributed by atoms with Crippen molar-refractivity contribution in [1.29, 1.82) is 0 Å². The lowest BCUT2D eigenvalue weighted by molar-refractivity contribution is -0.149. The van der Waals surface area contributed by atoms with Gasteiger partial charge in [-0.25, -0.2) is 0 Å². The van der Waals surface area contributed by atoms with Crippen molar-refractivity contribution in [3.8, 4) is 0 Å². The van der Waals surface area contributed by atoms with Gasteiger partial charge in [-0.3, -0.25) is 14.4 Å². The van der Waals surface area contributed by atoms with Crippen LogP contribution < -0.4 is 5.32 Å². The maximum atomic E-state index is 11.5. The van der Waals surface area contributed by atoms with E-state index in [9.17, 15) is 14.4 Å². The predicted octanol–water partition coefficient (Wildman–Crippen LogP) is 5.24. The predicted molar refractivity (Wildman–Crippen MR) is 120 cm³/mol. The highest BCUT2D eigenvalue weighted by Gasteiger charge is 2.24. The van der Waals surface area contributed by atoms with Crippen LogP contribution in [0.5, 0.6) is 0 Å². The number of carbonyl (C=O) groups excluding carboxylic acids is 3. The average Bonchev–Trinajstić information content (AvgIpc) is 2.67. The van der Waals surface area contributed by atoms with Gasteiger partial charge >= 0.3 is 11.9 Å². The third-order valence-corrected chi connectivity index (χ3v) is 4.85. The van der Waals surface area contributed by atoms with Gasteiger partial charge in [0, 0.05) is 20.8 Å². The molecule has 0 spiro atoms. The van der Waals surface area contributed by atoms with Gasteiger partial charge < -0.3 is 14.8 Å². The van der Waals surface area contributed by atoms with Crippen LogP contribution in [0, 0.1) is 0 Å². The van der Waals surface area contributed by atoms with E-state index in [-0.39, 0.29) is 12.5 Å². The van der Waals surface area contributed by atoms with Crippen LogP contribution >= 0.6 is 0 Å². The van der Waals surface area contributed by atoms with E-state index in [4.69, 9.17) is 9.47 Å². The van der Waals surface area contributed by atoms with Crippen LogP contribution in [0.25, 0.3) is 0 Å². The fourth-order valence-corrected chi connectivity index (χ4v) is 3.29. The molecule has 1 amide bonds. The Morgan fingerprint density at radius 2 is 1.33 bits per heavy atom. The Labute approximate surface area is 183 Å². The van der Waals surface area contributed by atoms with Crippen LogP contribution in [0.2, 0.25) is 0 Å². The van der Waals surface area contributed by atoms with Crippen molar-refractivity contribution in [2.75, 3.05) is 6.61 Å². The summed E-state index contributed by atoms with van der Waals surface area (Å²) in [5.74, 6) is -1.17. The number of hydrogen-bond acceptors (Lipinski definition) is 5. The van der Waals surface area contributed by atoms with Crippen LogP contribution in [-0.4, -0.2) is 36.6 Å². The molecule has 6 heteroatoms. The Balaban J connectivity index is 4.19. The van der Waals surface area contributed by atoms with Crippen molar-refractivity contribution in [1.82, 2.24) is 5.32 Å². The minimum atomic E-state index is -0.668. The van der Waals surface area contributed by atoms with Crippen molar-refractivity contribution >= 4 is 17.8 Å². The molecule has 174 valence electrons. The Morgan fingerprint density at radius 1 is 0.800 bits per heavy atom. The topological polar surface area (TPSA) is 81.7 Å². The maximum Gasteiger partial charge on any atom is 0.303 e. The summed E-state index contributed by atoms with van der Waals surface area (Å²) in [6, 6.07) is -0.608. The van der Waals surface area contributed by atoms with Crippen molar-refractivity contribution in [2.45, 2.75) is 117 Å². The molecule has 0 unspecified atom stereocenters. The highest BCUT2D eigenvalue weighted by atomic mass is 16.6.